The van der Waals surface area contributed by atoms with Crippen molar-refractivity contribution >= 4 is 5.97 Å². The number of benzene rings is 1. The lowest BCUT2D eigenvalue weighted by atomic mass is 9.76. The molecule has 0 saturated heterocycles. The minimum absolute atomic E-state index is 0.131. The summed E-state index contributed by atoms with van der Waals surface area (Å²) in [6.07, 6.45) is 5.08. The van der Waals surface area contributed by atoms with Crippen molar-refractivity contribution in [2.45, 2.75) is 32.1 Å². The molecular formula is C14H18O2. The molecular weight excluding hydrogens is 200 g/mol. The highest BCUT2D eigenvalue weighted by molar-refractivity contribution is 5.70. The maximum absolute atomic E-state index is 11.2. The van der Waals surface area contributed by atoms with Crippen molar-refractivity contribution in [2.24, 2.45) is 11.8 Å². The average Bonchev–Trinajstić information content (AvgIpc) is 2.31. The quantitative estimate of drug-likeness (QED) is 0.846. The molecule has 0 unspecified atom stereocenters. The number of aliphatic carboxylic acids is 1. The maximum Gasteiger partial charge on any atom is 0.306 e. The van der Waals surface area contributed by atoms with E-state index in [0.29, 0.717) is 5.92 Å². The molecule has 0 aliphatic heterocycles. The topological polar surface area (TPSA) is 37.3 Å². The van der Waals surface area contributed by atoms with Crippen LogP contribution in [0.25, 0.3) is 0 Å². The Hall–Kier alpha value is -1.31. The molecule has 86 valence electrons. The van der Waals surface area contributed by atoms with E-state index in [-0.39, 0.29) is 5.92 Å². The van der Waals surface area contributed by atoms with Crippen LogP contribution in [-0.4, -0.2) is 11.1 Å². The zero-order chi connectivity index (χ0) is 11.4. The number of carbonyl (C=O) groups is 1. The highest BCUT2D eigenvalue weighted by Gasteiger charge is 2.30. The van der Waals surface area contributed by atoms with E-state index in [0.717, 1.165) is 25.7 Å². The third-order valence-electron chi connectivity index (χ3n) is 3.57. The van der Waals surface area contributed by atoms with E-state index in [1.54, 1.807) is 0 Å². The molecule has 1 aliphatic carbocycles. The van der Waals surface area contributed by atoms with Crippen LogP contribution in [0.1, 0.15) is 31.2 Å². The summed E-state index contributed by atoms with van der Waals surface area (Å²) in [6, 6.07) is 10.2. The van der Waals surface area contributed by atoms with Gasteiger partial charge in [0, 0.05) is 0 Å². The van der Waals surface area contributed by atoms with Gasteiger partial charge in [0.1, 0.15) is 0 Å². The normalized spacial score (nSPS) is 25.2. The van der Waals surface area contributed by atoms with Crippen molar-refractivity contribution in [1.29, 1.82) is 0 Å². The molecule has 1 fully saturated rings. The molecule has 0 aromatic heterocycles. The van der Waals surface area contributed by atoms with Crippen molar-refractivity contribution in [1.82, 2.24) is 0 Å². The van der Waals surface area contributed by atoms with E-state index in [9.17, 15) is 9.90 Å². The van der Waals surface area contributed by atoms with E-state index < -0.39 is 5.97 Å². The van der Waals surface area contributed by atoms with Gasteiger partial charge in [-0.15, -0.1) is 0 Å². The molecule has 2 rings (SSSR count). The average molecular weight is 218 g/mol. The summed E-state index contributed by atoms with van der Waals surface area (Å²) in [7, 11) is 0. The van der Waals surface area contributed by atoms with Gasteiger partial charge in [-0.3, -0.25) is 4.79 Å². The van der Waals surface area contributed by atoms with Crippen LogP contribution >= 0.6 is 0 Å². The zero-order valence-electron chi connectivity index (χ0n) is 9.43. The predicted molar refractivity (Wildman–Crippen MR) is 63.2 cm³/mol. The molecule has 2 heteroatoms. The minimum atomic E-state index is -0.611. The number of carboxylic acid groups (broad SMARTS) is 1. The molecule has 0 heterocycles. The Morgan fingerprint density at radius 2 is 1.88 bits per heavy atom. The molecule has 0 amide bonds. The molecule has 0 spiro atoms. The summed E-state index contributed by atoms with van der Waals surface area (Å²) in [5, 5.41) is 9.19. The van der Waals surface area contributed by atoms with Crippen molar-refractivity contribution in [2.75, 3.05) is 0 Å². The molecule has 1 N–H and O–H groups in total. The lowest BCUT2D eigenvalue weighted by Gasteiger charge is -2.28. The first-order valence-electron chi connectivity index (χ1n) is 6.04. The molecule has 1 aromatic rings. The smallest absolute Gasteiger partial charge is 0.306 e. The first kappa shape index (κ1) is 11.2. The van der Waals surface area contributed by atoms with Crippen LogP contribution in [0, 0.1) is 11.8 Å². The van der Waals surface area contributed by atoms with Crippen LogP contribution < -0.4 is 0 Å². The highest BCUT2D eigenvalue weighted by Crippen LogP contribution is 2.32. The number of carboxylic acids is 1. The second-order valence-corrected chi connectivity index (χ2v) is 4.68. The van der Waals surface area contributed by atoms with Gasteiger partial charge in [0.25, 0.3) is 0 Å². The Kier molecular flexibility index (Phi) is 3.60. The Labute approximate surface area is 96.3 Å². The van der Waals surface area contributed by atoms with Gasteiger partial charge in [-0.05, 0) is 30.7 Å². The van der Waals surface area contributed by atoms with Gasteiger partial charge in [-0.1, -0.05) is 43.2 Å². The highest BCUT2D eigenvalue weighted by atomic mass is 16.4. The summed E-state index contributed by atoms with van der Waals surface area (Å²) >= 11 is 0. The fourth-order valence-corrected chi connectivity index (χ4v) is 2.69. The maximum atomic E-state index is 11.2. The molecule has 1 saturated carbocycles. The molecule has 1 aromatic carbocycles. The zero-order valence-corrected chi connectivity index (χ0v) is 9.43. The van der Waals surface area contributed by atoms with Gasteiger partial charge in [0.15, 0.2) is 0 Å². The summed E-state index contributed by atoms with van der Waals surface area (Å²) < 4.78 is 0. The Balaban J connectivity index is 2.04. The Bertz CT molecular complexity index is 345. The van der Waals surface area contributed by atoms with Crippen molar-refractivity contribution < 1.29 is 9.90 Å². The van der Waals surface area contributed by atoms with Crippen LogP contribution in [0.4, 0.5) is 0 Å². The van der Waals surface area contributed by atoms with Crippen LogP contribution in [0.2, 0.25) is 0 Å². The van der Waals surface area contributed by atoms with Crippen molar-refractivity contribution in [3.05, 3.63) is 35.9 Å². The number of hydrogen-bond acceptors (Lipinski definition) is 1. The first-order chi connectivity index (χ1) is 7.77. The van der Waals surface area contributed by atoms with Gasteiger partial charge in [-0.25, -0.2) is 0 Å². The summed E-state index contributed by atoms with van der Waals surface area (Å²) in [4.78, 5) is 11.2. The van der Waals surface area contributed by atoms with Crippen molar-refractivity contribution in [3.8, 4) is 0 Å². The third kappa shape index (κ3) is 2.63. The number of hydrogen-bond donors (Lipinski definition) is 1. The van der Waals surface area contributed by atoms with Crippen molar-refractivity contribution in [3.63, 3.8) is 0 Å². The molecule has 2 nitrogen and oxygen atoms in total. The summed E-state index contributed by atoms with van der Waals surface area (Å²) in [6.45, 7) is 0. The molecule has 1 aliphatic rings. The predicted octanol–water partition coefficient (Wildman–Crippen LogP) is 3.12. The fraction of sp³-hybridized carbons (Fsp3) is 0.500. The largest absolute Gasteiger partial charge is 0.481 e. The van der Waals surface area contributed by atoms with Gasteiger partial charge in [-0.2, -0.15) is 0 Å². The van der Waals surface area contributed by atoms with Crippen LogP contribution in [0.15, 0.2) is 30.3 Å². The number of rotatable bonds is 3. The SMILES string of the molecule is O=C(O)[C@@H]1CCCC[C@@H]1Cc1ccccc1. The van der Waals surface area contributed by atoms with Crippen LogP contribution in [-0.2, 0) is 11.2 Å². The minimum Gasteiger partial charge on any atom is -0.481 e. The first-order valence-corrected chi connectivity index (χ1v) is 6.04. The van der Waals surface area contributed by atoms with Crippen LogP contribution in [0.3, 0.4) is 0 Å². The molecule has 2 atom stereocenters. The fourth-order valence-electron chi connectivity index (χ4n) is 2.69. The Morgan fingerprint density at radius 1 is 1.19 bits per heavy atom. The standard InChI is InChI=1S/C14H18O2/c15-14(16)13-9-5-4-8-12(13)10-11-6-2-1-3-7-11/h1-3,6-7,12-13H,4-5,8-10H2,(H,15,16)/t12-,13-/m1/s1. The van der Waals surface area contributed by atoms with E-state index in [1.807, 2.05) is 18.2 Å². The van der Waals surface area contributed by atoms with E-state index >= 15 is 0 Å². The molecule has 0 radical (unpaired) electrons. The van der Waals surface area contributed by atoms with E-state index in [1.165, 1.54) is 12.0 Å². The van der Waals surface area contributed by atoms with Gasteiger partial charge >= 0.3 is 5.97 Å². The lowest BCUT2D eigenvalue weighted by molar-refractivity contribution is -0.144. The monoisotopic (exact) mass is 218 g/mol. The summed E-state index contributed by atoms with van der Waals surface area (Å²) in [5.74, 6) is -0.414. The van der Waals surface area contributed by atoms with E-state index in [2.05, 4.69) is 12.1 Å². The third-order valence-corrected chi connectivity index (χ3v) is 3.57. The second kappa shape index (κ2) is 5.15. The summed E-state index contributed by atoms with van der Waals surface area (Å²) in [5.41, 5.74) is 1.26. The van der Waals surface area contributed by atoms with Gasteiger partial charge in [0.2, 0.25) is 0 Å². The second-order valence-electron chi connectivity index (χ2n) is 4.68. The molecule has 0 bridgehead atoms. The van der Waals surface area contributed by atoms with Gasteiger partial charge < -0.3 is 5.11 Å². The molecule has 16 heavy (non-hydrogen) atoms. The van der Waals surface area contributed by atoms with Crippen LogP contribution in [0.5, 0.6) is 0 Å². The van der Waals surface area contributed by atoms with E-state index in [4.69, 9.17) is 0 Å². The Morgan fingerprint density at radius 3 is 2.56 bits per heavy atom. The lowest BCUT2D eigenvalue weighted by Crippen LogP contribution is -2.28. The van der Waals surface area contributed by atoms with Gasteiger partial charge in [0.05, 0.1) is 5.92 Å².